The number of amides is 2. The summed E-state index contributed by atoms with van der Waals surface area (Å²) in [6, 6.07) is 10.9. The SMILES string of the molecule is CC(C)OC(=O)N1CCN(C(=O)[C@@H]2CN(C(C)(C)C)C[C@H]2c2ccc(F)cc2F)CCC[C@H]1c1ccc(Cl)cc1. The van der Waals surface area contributed by atoms with Gasteiger partial charge in [0.25, 0.3) is 0 Å². The Balaban J connectivity index is 1.58. The average Bonchev–Trinajstić information content (AvgIpc) is 3.30. The Labute approximate surface area is 241 Å². The highest BCUT2D eigenvalue weighted by atomic mass is 35.5. The molecular formula is C31H40ClF2N3O3. The van der Waals surface area contributed by atoms with Crippen molar-refractivity contribution in [1.82, 2.24) is 14.7 Å². The zero-order chi connectivity index (χ0) is 29.2. The maximum Gasteiger partial charge on any atom is 0.410 e. The van der Waals surface area contributed by atoms with Crippen LogP contribution in [0.15, 0.2) is 42.5 Å². The molecule has 0 bridgehead atoms. The molecule has 2 aromatic rings. The van der Waals surface area contributed by atoms with E-state index in [0.717, 1.165) is 11.6 Å². The summed E-state index contributed by atoms with van der Waals surface area (Å²) in [5.74, 6) is -2.22. The van der Waals surface area contributed by atoms with Crippen LogP contribution in [0.5, 0.6) is 0 Å². The highest BCUT2D eigenvalue weighted by Gasteiger charge is 2.44. The molecule has 40 heavy (non-hydrogen) atoms. The molecule has 0 aliphatic carbocycles. The number of halogens is 3. The molecule has 2 aromatic carbocycles. The van der Waals surface area contributed by atoms with Crippen molar-refractivity contribution in [3.63, 3.8) is 0 Å². The minimum Gasteiger partial charge on any atom is -0.447 e. The van der Waals surface area contributed by atoms with Gasteiger partial charge in [-0.2, -0.15) is 0 Å². The van der Waals surface area contributed by atoms with Gasteiger partial charge in [0.2, 0.25) is 5.91 Å². The molecule has 2 amide bonds. The van der Waals surface area contributed by atoms with Gasteiger partial charge in [-0.3, -0.25) is 14.6 Å². The molecule has 0 spiro atoms. The summed E-state index contributed by atoms with van der Waals surface area (Å²) in [6.07, 6.45) is 0.619. The molecule has 218 valence electrons. The molecule has 6 nitrogen and oxygen atoms in total. The number of carbonyl (C=O) groups is 2. The van der Waals surface area contributed by atoms with E-state index in [-0.39, 0.29) is 23.6 Å². The molecule has 0 N–H and O–H groups in total. The second kappa shape index (κ2) is 12.4. The molecule has 4 rings (SSSR count). The second-order valence-corrected chi connectivity index (χ2v) is 12.6. The summed E-state index contributed by atoms with van der Waals surface area (Å²) in [4.78, 5) is 33.0. The topological polar surface area (TPSA) is 53.1 Å². The van der Waals surface area contributed by atoms with Gasteiger partial charge in [-0.15, -0.1) is 0 Å². The summed E-state index contributed by atoms with van der Waals surface area (Å²) in [5.41, 5.74) is 1.11. The van der Waals surface area contributed by atoms with Gasteiger partial charge in [-0.05, 0) is 76.8 Å². The van der Waals surface area contributed by atoms with Crippen molar-refractivity contribution < 1.29 is 23.1 Å². The van der Waals surface area contributed by atoms with Gasteiger partial charge in [-0.25, -0.2) is 13.6 Å². The van der Waals surface area contributed by atoms with Gasteiger partial charge in [0.05, 0.1) is 18.1 Å². The van der Waals surface area contributed by atoms with Crippen LogP contribution in [0.2, 0.25) is 5.02 Å². The number of benzene rings is 2. The largest absolute Gasteiger partial charge is 0.447 e. The van der Waals surface area contributed by atoms with Gasteiger partial charge in [0.15, 0.2) is 0 Å². The number of carbonyl (C=O) groups excluding carboxylic acids is 2. The van der Waals surface area contributed by atoms with Crippen LogP contribution in [0.4, 0.5) is 13.6 Å². The lowest BCUT2D eigenvalue weighted by Gasteiger charge is -2.38. The van der Waals surface area contributed by atoms with Gasteiger partial charge in [0.1, 0.15) is 11.6 Å². The molecule has 2 aliphatic heterocycles. The van der Waals surface area contributed by atoms with Crippen LogP contribution in [0.3, 0.4) is 0 Å². The van der Waals surface area contributed by atoms with E-state index in [2.05, 4.69) is 25.7 Å². The molecule has 0 radical (unpaired) electrons. The molecule has 0 saturated carbocycles. The summed E-state index contributed by atoms with van der Waals surface area (Å²) in [7, 11) is 0. The average molecular weight is 576 g/mol. The van der Waals surface area contributed by atoms with Crippen molar-refractivity contribution in [3.05, 3.63) is 70.2 Å². The lowest BCUT2D eigenvalue weighted by atomic mass is 9.87. The fourth-order valence-electron chi connectivity index (χ4n) is 5.82. The van der Waals surface area contributed by atoms with Crippen molar-refractivity contribution in [2.45, 2.75) is 71.1 Å². The minimum absolute atomic E-state index is 0.0670. The Morgan fingerprint density at radius 2 is 1.70 bits per heavy atom. The summed E-state index contributed by atoms with van der Waals surface area (Å²) < 4.78 is 34.2. The van der Waals surface area contributed by atoms with Crippen LogP contribution in [0, 0.1) is 17.6 Å². The third kappa shape index (κ3) is 6.95. The van der Waals surface area contributed by atoms with E-state index < -0.39 is 29.6 Å². The van der Waals surface area contributed by atoms with E-state index >= 15 is 0 Å². The van der Waals surface area contributed by atoms with Crippen molar-refractivity contribution in [2.24, 2.45) is 5.92 Å². The highest BCUT2D eigenvalue weighted by molar-refractivity contribution is 6.30. The van der Waals surface area contributed by atoms with Crippen molar-refractivity contribution >= 4 is 23.6 Å². The third-order valence-corrected chi connectivity index (χ3v) is 8.23. The highest BCUT2D eigenvalue weighted by Crippen LogP contribution is 2.39. The fourth-order valence-corrected chi connectivity index (χ4v) is 5.95. The van der Waals surface area contributed by atoms with Crippen LogP contribution in [-0.4, -0.2) is 71.1 Å². The molecular weight excluding hydrogens is 536 g/mol. The third-order valence-electron chi connectivity index (χ3n) is 7.98. The maximum absolute atomic E-state index is 14.9. The number of rotatable bonds is 4. The van der Waals surface area contributed by atoms with Crippen LogP contribution in [0.1, 0.15) is 70.5 Å². The lowest BCUT2D eigenvalue weighted by molar-refractivity contribution is -0.136. The van der Waals surface area contributed by atoms with Crippen LogP contribution in [0.25, 0.3) is 0 Å². The number of ether oxygens (including phenoxy) is 1. The van der Waals surface area contributed by atoms with E-state index in [1.165, 1.54) is 12.1 Å². The fraction of sp³-hybridized carbons (Fsp3) is 0.548. The first-order valence-corrected chi connectivity index (χ1v) is 14.4. The van der Waals surface area contributed by atoms with Gasteiger partial charge < -0.3 is 9.64 Å². The normalized spacial score (nSPS) is 22.8. The smallest absolute Gasteiger partial charge is 0.410 e. The van der Waals surface area contributed by atoms with Crippen LogP contribution < -0.4 is 0 Å². The number of hydrogen-bond acceptors (Lipinski definition) is 4. The predicted octanol–water partition coefficient (Wildman–Crippen LogP) is 6.64. The van der Waals surface area contributed by atoms with Crippen LogP contribution >= 0.6 is 11.6 Å². The summed E-state index contributed by atoms with van der Waals surface area (Å²) in [6.45, 7) is 12.0. The van der Waals surface area contributed by atoms with Gasteiger partial charge >= 0.3 is 6.09 Å². The first-order chi connectivity index (χ1) is 18.8. The van der Waals surface area contributed by atoms with Crippen LogP contribution in [-0.2, 0) is 9.53 Å². The monoisotopic (exact) mass is 575 g/mol. The minimum atomic E-state index is -0.637. The van der Waals surface area contributed by atoms with Crippen molar-refractivity contribution in [1.29, 1.82) is 0 Å². The zero-order valence-electron chi connectivity index (χ0n) is 24.0. The molecule has 2 aliphatic rings. The lowest BCUT2D eigenvalue weighted by Crippen LogP contribution is -2.48. The first-order valence-electron chi connectivity index (χ1n) is 14.1. The summed E-state index contributed by atoms with van der Waals surface area (Å²) in [5, 5.41) is 0.621. The van der Waals surface area contributed by atoms with E-state index in [9.17, 15) is 18.4 Å². The molecule has 2 fully saturated rings. The second-order valence-electron chi connectivity index (χ2n) is 12.1. The molecule has 9 heteroatoms. The Morgan fingerprint density at radius 3 is 2.33 bits per heavy atom. The standard InChI is InChI=1S/C31H40ClF2N3O3/c1-20(2)40-30(39)37-16-15-35(14-6-7-28(37)21-8-10-22(32)11-9-21)29(38)26-19-36(31(3,4)5)18-25(26)24-13-12-23(33)17-27(24)34/h8-13,17,20,25-26,28H,6-7,14-16,18-19H2,1-5H3/t25-,26+,28-/m0/s1. The van der Waals surface area contributed by atoms with E-state index in [1.807, 2.05) is 38.1 Å². The van der Waals surface area contributed by atoms with Gasteiger partial charge in [-0.1, -0.05) is 29.8 Å². The molecule has 3 atom stereocenters. The number of hydrogen-bond donors (Lipinski definition) is 0. The molecule has 2 heterocycles. The van der Waals surface area contributed by atoms with E-state index in [0.29, 0.717) is 56.2 Å². The summed E-state index contributed by atoms with van der Waals surface area (Å²) >= 11 is 6.11. The quantitative estimate of drug-likeness (QED) is 0.410. The first kappa shape index (κ1) is 30.3. The Kier molecular flexibility index (Phi) is 9.40. The number of likely N-dealkylation sites (tertiary alicyclic amines) is 1. The Hall–Kier alpha value is -2.71. The zero-order valence-corrected chi connectivity index (χ0v) is 24.8. The van der Waals surface area contributed by atoms with E-state index in [4.69, 9.17) is 16.3 Å². The number of nitrogens with zero attached hydrogens (tertiary/aromatic N) is 3. The predicted molar refractivity (Wildman–Crippen MR) is 152 cm³/mol. The van der Waals surface area contributed by atoms with Crippen molar-refractivity contribution in [2.75, 3.05) is 32.7 Å². The van der Waals surface area contributed by atoms with E-state index in [1.54, 1.807) is 9.80 Å². The molecule has 2 saturated heterocycles. The molecule has 0 unspecified atom stereocenters. The molecule has 0 aromatic heterocycles. The Bertz CT molecular complexity index is 1200. The van der Waals surface area contributed by atoms with Crippen molar-refractivity contribution in [3.8, 4) is 0 Å². The van der Waals surface area contributed by atoms with Gasteiger partial charge in [0, 0.05) is 55.3 Å². The maximum atomic E-state index is 14.9. The Morgan fingerprint density at radius 1 is 1.00 bits per heavy atom.